The molecule has 0 aromatic heterocycles. The molecule has 0 radical (unpaired) electrons. The highest BCUT2D eigenvalue weighted by Crippen LogP contribution is 2.16. The molecule has 2 rings (SSSR count). The van der Waals surface area contributed by atoms with Gasteiger partial charge in [-0.2, -0.15) is 0 Å². The second-order valence-electron chi connectivity index (χ2n) is 7.10. The van der Waals surface area contributed by atoms with Gasteiger partial charge in [-0.25, -0.2) is 0 Å². The predicted molar refractivity (Wildman–Crippen MR) is 104 cm³/mol. The predicted octanol–water partition coefficient (Wildman–Crippen LogP) is 3.00. The van der Waals surface area contributed by atoms with Crippen molar-refractivity contribution >= 4 is 5.96 Å². The number of nitrogens with zero attached hydrogens (tertiary/aromatic N) is 2. The molecular weight excluding hydrogens is 296 g/mol. The number of aryl methyl sites for hydroxylation is 1. The quantitative estimate of drug-likeness (QED) is 0.596. The molecule has 4 nitrogen and oxygen atoms in total. The van der Waals surface area contributed by atoms with Gasteiger partial charge in [0.1, 0.15) is 0 Å². The van der Waals surface area contributed by atoms with E-state index < -0.39 is 0 Å². The Balaban J connectivity index is 1.73. The van der Waals surface area contributed by atoms with Gasteiger partial charge in [0.15, 0.2) is 5.96 Å². The summed E-state index contributed by atoms with van der Waals surface area (Å²) < 4.78 is 0. The van der Waals surface area contributed by atoms with Crippen LogP contribution < -0.4 is 10.6 Å². The number of hydrogen-bond acceptors (Lipinski definition) is 2. The molecular formula is C20H34N4. The molecule has 1 fully saturated rings. The normalized spacial score (nSPS) is 20.2. The lowest BCUT2D eigenvalue weighted by Gasteiger charge is -2.19. The van der Waals surface area contributed by atoms with Gasteiger partial charge in [-0.05, 0) is 50.3 Å². The van der Waals surface area contributed by atoms with Gasteiger partial charge < -0.3 is 15.5 Å². The molecule has 1 aromatic rings. The molecule has 2 N–H and O–H groups in total. The first-order valence-electron chi connectivity index (χ1n) is 9.35. The third-order valence-electron chi connectivity index (χ3n) is 4.88. The second-order valence-corrected chi connectivity index (χ2v) is 7.10. The van der Waals surface area contributed by atoms with Crippen LogP contribution in [0.5, 0.6) is 0 Å². The highest BCUT2D eigenvalue weighted by Gasteiger charge is 2.21. The molecule has 1 aliphatic heterocycles. The minimum Gasteiger partial charge on any atom is -0.356 e. The van der Waals surface area contributed by atoms with Crippen molar-refractivity contribution in [1.82, 2.24) is 15.5 Å². The van der Waals surface area contributed by atoms with Gasteiger partial charge in [0, 0.05) is 26.7 Å². The minimum absolute atomic E-state index is 0.468. The van der Waals surface area contributed by atoms with Crippen LogP contribution in [0.2, 0.25) is 0 Å². The second kappa shape index (κ2) is 9.67. The molecule has 2 atom stereocenters. The Morgan fingerprint density at radius 3 is 2.92 bits per heavy atom. The number of nitrogens with one attached hydrogen (secondary N) is 2. The molecule has 0 bridgehead atoms. The summed E-state index contributed by atoms with van der Waals surface area (Å²) in [4.78, 5) is 6.94. The summed E-state index contributed by atoms with van der Waals surface area (Å²) in [6.45, 7) is 12.3. The first-order valence-corrected chi connectivity index (χ1v) is 9.35. The summed E-state index contributed by atoms with van der Waals surface area (Å²) in [7, 11) is 1.85. The van der Waals surface area contributed by atoms with E-state index in [2.05, 4.69) is 65.6 Å². The van der Waals surface area contributed by atoms with Crippen LogP contribution in [0.4, 0.5) is 0 Å². The Labute approximate surface area is 147 Å². The van der Waals surface area contributed by atoms with Crippen LogP contribution >= 0.6 is 0 Å². The SMILES string of the molecule is CCCN1CCC(CNC(=NC)NCC(C)c2cccc(C)c2)C1. The van der Waals surface area contributed by atoms with E-state index in [-0.39, 0.29) is 0 Å². The topological polar surface area (TPSA) is 39.7 Å². The highest BCUT2D eigenvalue weighted by atomic mass is 15.2. The Hall–Kier alpha value is -1.55. The summed E-state index contributed by atoms with van der Waals surface area (Å²) in [5, 5.41) is 6.98. The largest absolute Gasteiger partial charge is 0.356 e. The maximum absolute atomic E-state index is 4.37. The van der Waals surface area contributed by atoms with E-state index in [1.807, 2.05) is 7.05 Å². The van der Waals surface area contributed by atoms with Crippen molar-refractivity contribution < 1.29 is 0 Å². The van der Waals surface area contributed by atoms with Crippen molar-refractivity contribution in [2.45, 2.75) is 39.5 Å². The molecule has 2 unspecified atom stereocenters. The van der Waals surface area contributed by atoms with Crippen molar-refractivity contribution in [3.63, 3.8) is 0 Å². The van der Waals surface area contributed by atoms with E-state index in [4.69, 9.17) is 0 Å². The number of benzene rings is 1. The van der Waals surface area contributed by atoms with Crippen molar-refractivity contribution in [1.29, 1.82) is 0 Å². The molecule has 0 amide bonds. The van der Waals surface area contributed by atoms with Crippen LogP contribution in [-0.2, 0) is 0 Å². The van der Waals surface area contributed by atoms with Crippen molar-refractivity contribution in [3.05, 3.63) is 35.4 Å². The number of guanidine groups is 1. The van der Waals surface area contributed by atoms with E-state index in [1.165, 1.54) is 43.6 Å². The minimum atomic E-state index is 0.468. The fraction of sp³-hybridized carbons (Fsp3) is 0.650. The summed E-state index contributed by atoms with van der Waals surface area (Å²) >= 11 is 0. The van der Waals surface area contributed by atoms with Crippen LogP contribution in [0.15, 0.2) is 29.3 Å². The zero-order valence-corrected chi connectivity index (χ0v) is 15.8. The fourth-order valence-corrected chi connectivity index (χ4v) is 3.40. The average molecular weight is 331 g/mol. The summed E-state index contributed by atoms with van der Waals surface area (Å²) in [5.41, 5.74) is 2.70. The van der Waals surface area contributed by atoms with Gasteiger partial charge in [0.25, 0.3) is 0 Å². The Bertz CT molecular complexity index is 526. The zero-order valence-electron chi connectivity index (χ0n) is 15.8. The Morgan fingerprint density at radius 1 is 1.38 bits per heavy atom. The Morgan fingerprint density at radius 2 is 2.21 bits per heavy atom. The maximum Gasteiger partial charge on any atom is 0.191 e. The third kappa shape index (κ3) is 5.82. The maximum atomic E-state index is 4.37. The molecule has 24 heavy (non-hydrogen) atoms. The van der Waals surface area contributed by atoms with Crippen LogP contribution in [0, 0.1) is 12.8 Å². The van der Waals surface area contributed by atoms with Gasteiger partial charge in [0.2, 0.25) is 0 Å². The third-order valence-corrected chi connectivity index (χ3v) is 4.88. The Kier molecular flexibility index (Phi) is 7.57. The smallest absolute Gasteiger partial charge is 0.191 e. The summed E-state index contributed by atoms with van der Waals surface area (Å²) in [6.07, 6.45) is 2.55. The fourth-order valence-electron chi connectivity index (χ4n) is 3.40. The van der Waals surface area contributed by atoms with Crippen molar-refractivity contribution in [2.75, 3.05) is 39.8 Å². The van der Waals surface area contributed by atoms with Gasteiger partial charge in [-0.15, -0.1) is 0 Å². The van der Waals surface area contributed by atoms with E-state index in [9.17, 15) is 0 Å². The molecule has 1 aliphatic rings. The summed E-state index contributed by atoms with van der Waals surface area (Å²) in [6, 6.07) is 8.75. The number of likely N-dealkylation sites (tertiary alicyclic amines) is 1. The van der Waals surface area contributed by atoms with Gasteiger partial charge in [-0.3, -0.25) is 4.99 Å². The van der Waals surface area contributed by atoms with Gasteiger partial charge >= 0.3 is 0 Å². The lowest BCUT2D eigenvalue weighted by Crippen LogP contribution is -2.41. The van der Waals surface area contributed by atoms with Crippen LogP contribution in [0.3, 0.4) is 0 Å². The first kappa shape index (κ1) is 18.8. The molecule has 0 saturated carbocycles. The van der Waals surface area contributed by atoms with E-state index in [0.29, 0.717) is 5.92 Å². The standard InChI is InChI=1S/C20H34N4/c1-5-10-24-11-9-18(15-24)14-23-20(21-4)22-13-17(3)19-8-6-7-16(2)12-19/h6-8,12,17-18H,5,9-11,13-15H2,1-4H3,(H2,21,22,23). The van der Waals surface area contributed by atoms with Crippen LogP contribution in [0.1, 0.15) is 43.7 Å². The van der Waals surface area contributed by atoms with Gasteiger partial charge in [-0.1, -0.05) is 43.7 Å². The van der Waals surface area contributed by atoms with Crippen molar-refractivity contribution in [3.8, 4) is 0 Å². The highest BCUT2D eigenvalue weighted by molar-refractivity contribution is 5.79. The molecule has 4 heteroatoms. The molecule has 1 aromatic carbocycles. The van der Waals surface area contributed by atoms with Crippen molar-refractivity contribution in [2.24, 2.45) is 10.9 Å². The molecule has 0 spiro atoms. The molecule has 1 heterocycles. The molecule has 134 valence electrons. The van der Waals surface area contributed by atoms with Gasteiger partial charge in [0.05, 0.1) is 0 Å². The average Bonchev–Trinajstić information content (AvgIpc) is 3.02. The van der Waals surface area contributed by atoms with E-state index >= 15 is 0 Å². The zero-order chi connectivity index (χ0) is 17.4. The van der Waals surface area contributed by atoms with Crippen LogP contribution in [0.25, 0.3) is 0 Å². The van der Waals surface area contributed by atoms with E-state index in [0.717, 1.165) is 25.0 Å². The lowest BCUT2D eigenvalue weighted by atomic mass is 9.99. The molecule has 1 saturated heterocycles. The summed E-state index contributed by atoms with van der Waals surface area (Å²) in [5.74, 6) is 2.13. The molecule has 0 aliphatic carbocycles. The lowest BCUT2D eigenvalue weighted by molar-refractivity contribution is 0.324. The number of hydrogen-bond donors (Lipinski definition) is 2. The van der Waals surface area contributed by atoms with Crippen LogP contribution in [-0.4, -0.2) is 50.6 Å². The monoisotopic (exact) mass is 330 g/mol. The number of rotatable bonds is 7. The first-order chi connectivity index (χ1) is 11.6. The van der Waals surface area contributed by atoms with E-state index in [1.54, 1.807) is 0 Å². The number of aliphatic imine (C=N–C) groups is 1.